The summed E-state index contributed by atoms with van der Waals surface area (Å²) in [5.74, 6) is 0. The van der Waals surface area contributed by atoms with Crippen molar-refractivity contribution in [1.82, 2.24) is 9.13 Å². The normalized spacial score (nSPS) is 19.8. The van der Waals surface area contributed by atoms with Crippen LogP contribution in [0.4, 0.5) is 0 Å². The van der Waals surface area contributed by atoms with Gasteiger partial charge in [0.2, 0.25) is 0 Å². The molecule has 5 rings (SSSR count). The van der Waals surface area contributed by atoms with Crippen molar-refractivity contribution in [3.05, 3.63) is 129 Å². The summed E-state index contributed by atoms with van der Waals surface area (Å²) >= 11 is 0. The fraction of sp³-hybridized carbons (Fsp3) is 0.378. The van der Waals surface area contributed by atoms with Crippen LogP contribution in [0, 0.1) is 6.92 Å². The monoisotopic (exact) mass is 672 g/mol. The van der Waals surface area contributed by atoms with E-state index in [9.17, 15) is 14.4 Å². The van der Waals surface area contributed by atoms with E-state index in [0.717, 1.165) is 20.5 Å². The molecule has 0 saturated carbocycles. The lowest BCUT2D eigenvalue weighted by molar-refractivity contribution is -0.123. The minimum Gasteiger partial charge on any atom is -0.398 e. The molecule has 254 valence electrons. The molecule has 1 saturated heterocycles. The fourth-order valence-corrected chi connectivity index (χ4v) is 11.0. The Balaban J connectivity index is 1.59. The molecule has 0 amide bonds. The molecule has 1 fully saturated rings. The van der Waals surface area contributed by atoms with Crippen LogP contribution in [-0.4, -0.2) is 62.4 Å². The Hall–Kier alpha value is -3.97. The Bertz CT molecular complexity index is 1720. The molecule has 4 atom stereocenters. The predicted octanol–water partition coefficient (Wildman–Crippen LogP) is 3.57. The highest BCUT2D eigenvalue weighted by molar-refractivity contribution is 6.99. The van der Waals surface area contributed by atoms with Crippen molar-refractivity contribution >= 4 is 25.0 Å². The summed E-state index contributed by atoms with van der Waals surface area (Å²) in [7, 11) is -1.63. The van der Waals surface area contributed by atoms with Gasteiger partial charge in [-0.05, 0) is 27.9 Å². The Labute approximate surface area is 281 Å². The van der Waals surface area contributed by atoms with E-state index in [4.69, 9.17) is 23.4 Å². The van der Waals surface area contributed by atoms with E-state index in [1.54, 1.807) is 14.0 Å². The van der Waals surface area contributed by atoms with Gasteiger partial charge in [-0.2, -0.15) is 0 Å². The zero-order valence-corrected chi connectivity index (χ0v) is 29.1. The van der Waals surface area contributed by atoms with E-state index in [0.29, 0.717) is 11.8 Å². The number of ether oxygens (including phenoxy) is 4. The van der Waals surface area contributed by atoms with Crippen molar-refractivity contribution in [2.75, 3.05) is 20.3 Å². The van der Waals surface area contributed by atoms with Gasteiger partial charge in [0.25, 0.3) is 13.9 Å². The van der Waals surface area contributed by atoms with Crippen LogP contribution < -0.4 is 21.6 Å². The molecule has 0 spiro atoms. The number of hydrogen-bond acceptors (Lipinski definition) is 8. The van der Waals surface area contributed by atoms with E-state index in [2.05, 4.69) is 45.0 Å². The quantitative estimate of drug-likeness (QED) is 0.114. The highest BCUT2D eigenvalue weighted by atomic mass is 28.4. The number of nitrogens with zero attached hydrogens (tertiary/aromatic N) is 2. The maximum Gasteiger partial charge on any atom is 0.335 e. The minimum absolute atomic E-state index is 0.154. The first-order valence-electron chi connectivity index (χ1n) is 16.1. The summed E-state index contributed by atoms with van der Waals surface area (Å²) in [5.41, 5.74) is 0.0727. The third-order valence-corrected chi connectivity index (χ3v) is 13.7. The first kappa shape index (κ1) is 35.3. The number of aryl methyl sites for hydroxylation is 1. The van der Waals surface area contributed by atoms with Crippen LogP contribution in [0.3, 0.4) is 0 Å². The third kappa shape index (κ3) is 7.21. The van der Waals surface area contributed by atoms with Gasteiger partial charge in [0, 0.05) is 18.9 Å². The second kappa shape index (κ2) is 15.5. The molecule has 0 bridgehead atoms. The van der Waals surface area contributed by atoms with Gasteiger partial charge in [-0.3, -0.25) is 9.36 Å². The van der Waals surface area contributed by atoms with E-state index in [-0.39, 0.29) is 26.6 Å². The number of aromatic nitrogens is 2. The first-order chi connectivity index (χ1) is 23.1. The molecular weight excluding hydrogens is 628 g/mol. The Morgan fingerprint density at radius 1 is 0.854 bits per heavy atom. The molecule has 1 aliphatic heterocycles. The summed E-state index contributed by atoms with van der Waals surface area (Å²) in [5, 5.41) is 1.63. The Morgan fingerprint density at radius 2 is 1.44 bits per heavy atom. The van der Waals surface area contributed by atoms with Crippen molar-refractivity contribution in [3.63, 3.8) is 0 Å². The van der Waals surface area contributed by atoms with Crippen molar-refractivity contribution in [3.8, 4) is 0 Å². The summed E-state index contributed by atoms with van der Waals surface area (Å²) in [6, 6.07) is 29.6. The number of rotatable bonds is 14. The van der Waals surface area contributed by atoms with E-state index >= 15 is 0 Å². The lowest BCUT2D eigenvalue weighted by Gasteiger charge is -2.45. The molecule has 0 unspecified atom stereocenters. The van der Waals surface area contributed by atoms with E-state index < -0.39 is 49.1 Å². The molecule has 10 nitrogen and oxygen atoms in total. The van der Waals surface area contributed by atoms with Gasteiger partial charge in [0.1, 0.15) is 25.0 Å². The number of hydrogen-bond donors (Lipinski definition) is 0. The summed E-state index contributed by atoms with van der Waals surface area (Å²) < 4.78 is 33.6. The molecule has 48 heavy (non-hydrogen) atoms. The third-order valence-electron chi connectivity index (χ3n) is 8.66. The van der Waals surface area contributed by atoms with Crippen LogP contribution in [-0.2, 0) is 41.5 Å². The zero-order chi connectivity index (χ0) is 34.3. The standard InChI is InChI=1S/C37H44N2O8Si/c1-27-23-38(36(42)39(34(27)41)26-44-25-28-15-9-6-10-16-28)35-33(45-22-21-43-5)32(31(24-40)46-35)47-48(37(2,3)4,29-17-11-7-12-18-29)30-19-13-8-14-20-30/h6-20,23-24,31-33,35H,21-22,25-26H2,1-5H3/t31-,32-,33-,35-/m1/s1. The maximum absolute atomic E-state index is 14.0. The second-order valence-electron chi connectivity index (χ2n) is 12.9. The van der Waals surface area contributed by atoms with Gasteiger partial charge in [-0.25, -0.2) is 9.36 Å². The van der Waals surface area contributed by atoms with Crippen molar-refractivity contribution in [1.29, 1.82) is 0 Å². The van der Waals surface area contributed by atoms with Gasteiger partial charge >= 0.3 is 5.69 Å². The van der Waals surface area contributed by atoms with Crippen molar-refractivity contribution in [2.24, 2.45) is 0 Å². The summed E-state index contributed by atoms with van der Waals surface area (Å²) in [4.78, 5) is 40.0. The highest BCUT2D eigenvalue weighted by Crippen LogP contribution is 2.41. The number of carbonyl (C=O) groups is 1. The maximum atomic E-state index is 14.0. The Morgan fingerprint density at radius 3 is 1.98 bits per heavy atom. The topological polar surface area (TPSA) is 107 Å². The largest absolute Gasteiger partial charge is 0.398 e. The molecule has 1 aliphatic rings. The molecule has 1 aromatic heterocycles. The van der Waals surface area contributed by atoms with Crippen LogP contribution in [0.15, 0.2) is 107 Å². The fourth-order valence-electron chi connectivity index (χ4n) is 6.36. The smallest absolute Gasteiger partial charge is 0.335 e. The summed E-state index contributed by atoms with van der Waals surface area (Å²) in [6.07, 6.45) is -1.84. The molecular formula is C37H44N2O8Si. The van der Waals surface area contributed by atoms with Crippen molar-refractivity contribution < 1.29 is 28.2 Å². The molecule has 0 aliphatic carbocycles. The molecule has 0 N–H and O–H groups in total. The first-order valence-corrected chi connectivity index (χ1v) is 18.0. The van der Waals surface area contributed by atoms with Gasteiger partial charge < -0.3 is 28.2 Å². The number of carbonyl (C=O) groups excluding carboxylic acids is 1. The minimum atomic E-state index is -3.20. The summed E-state index contributed by atoms with van der Waals surface area (Å²) in [6.45, 7) is 8.41. The lowest BCUT2D eigenvalue weighted by Crippen LogP contribution is -2.69. The molecule has 4 aromatic rings. The van der Waals surface area contributed by atoms with Crippen molar-refractivity contribution in [2.45, 2.75) is 70.6 Å². The molecule has 0 radical (unpaired) electrons. The van der Waals surface area contributed by atoms with Gasteiger partial charge in [0.05, 0.1) is 19.8 Å². The zero-order valence-electron chi connectivity index (χ0n) is 28.1. The number of benzene rings is 3. The van der Waals surface area contributed by atoms with Crippen LogP contribution in [0.5, 0.6) is 0 Å². The second-order valence-corrected chi connectivity index (χ2v) is 17.2. The van der Waals surface area contributed by atoms with Crippen LogP contribution in [0.25, 0.3) is 0 Å². The van der Waals surface area contributed by atoms with Gasteiger partial charge in [-0.1, -0.05) is 112 Å². The average molecular weight is 673 g/mol. The predicted molar refractivity (Wildman–Crippen MR) is 185 cm³/mol. The van der Waals surface area contributed by atoms with E-state index in [1.807, 2.05) is 66.7 Å². The van der Waals surface area contributed by atoms with Crippen LogP contribution >= 0.6 is 0 Å². The molecule has 11 heteroatoms. The van der Waals surface area contributed by atoms with Gasteiger partial charge in [0.15, 0.2) is 12.5 Å². The lowest BCUT2D eigenvalue weighted by atomic mass is 10.1. The average Bonchev–Trinajstić information content (AvgIpc) is 3.44. The molecule has 3 aromatic carbocycles. The van der Waals surface area contributed by atoms with Gasteiger partial charge in [-0.15, -0.1) is 0 Å². The SMILES string of the molecule is COCCO[C@@H]1[C@H](O[Si](c2ccccc2)(c2ccccc2)C(C)(C)C)[C@@H](C=O)O[C@H]1n1cc(C)c(=O)n(COCc2ccccc2)c1=O. The number of aldehydes is 1. The highest BCUT2D eigenvalue weighted by Gasteiger charge is 2.57. The van der Waals surface area contributed by atoms with E-state index in [1.165, 1.54) is 10.8 Å². The molecule has 2 heterocycles. The number of methoxy groups -OCH3 is 1. The Kier molecular flexibility index (Phi) is 11.4. The van der Waals surface area contributed by atoms with Crippen LogP contribution in [0.1, 0.15) is 38.1 Å². The van der Waals surface area contributed by atoms with Crippen LogP contribution in [0.2, 0.25) is 5.04 Å².